The molecular formula is C30H22ClF3N2O4. The van der Waals surface area contributed by atoms with E-state index < -0.39 is 34.7 Å². The number of ketones is 1. The average Bonchev–Trinajstić information content (AvgIpc) is 3.30. The van der Waals surface area contributed by atoms with Crippen molar-refractivity contribution in [1.29, 1.82) is 0 Å². The molecule has 204 valence electrons. The van der Waals surface area contributed by atoms with Gasteiger partial charge in [-0.1, -0.05) is 35.9 Å². The molecule has 4 aromatic rings. The van der Waals surface area contributed by atoms with Crippen LogP contribution in [-0.2, 0) is 17.8 Å². The van der Waals surface area contributed by atoms with Gasteiger partial charge in [-0.2, -0.15) is 0 Å². The van der Waals surface area contributed by atoms with E-state index in [2.05, 4.69) is 5.32 Å². The minimum Gasteiger partial charge on any atom is -0.493 e. The van der Waals surface area contributed by atoms with Crippen molar-refractivity contribution < 1.29 is 27.5 Å². The number of hydrogen-bond acceptors (Lipinski definition) is 4. The quantitative estimate of drug-likeness (QED) is 0.202. The number of aromatic nitrogens is 1. The van der Waals surface area contributed by atoms with Crippen molar-refractivity contribution in [2.75, 3.05) is 11.9 Å². The molecule has 5 rings (SSSR count). The van der Waals surface area contributed by atoms with Crippen molar-refractivity contribution in [3.8, 4) is 5.75 Å². The summed E-state index contributed by atoms with van der Waals surface area (Å²) in [6, 6.07) is 16.7. The number of benzene rings is 3. The summed E-state index contributed by atoms with van der Waals surface area (Å²) in [4.78, 5) is 38.2. The Labute approximate surface area is 232 Å². The molecule has 0 fully saturated rings. The molecule has 0 bridgehead atoms. The monoisotopic (exact) mass is 566 g/mol. The van der Waals surface area contributed by atoms with Crippen LogP contribution in [0.1, 0.15) is 39.4 Å². The van der Waals surface area contributed by atoms with Crippen molar-refractivity contribution in [3.63, 3.8) is 0 Å². The molecule has 1 amide bonds. The number of pyridine rings is 1. The summed E-state index contributed by atoms with van der Waals surface area (Å²) in [5.41, 5.74) is 1.42. The lowest BCUT2D eigenvalue weighted by atomic mass is 9.92. The second-order valence-electron chi connectivity index (χ2n) is 9.43. The Morgan fingerprint density at radius 1 is 1.00 bits per heavy atom. The predicted molar refractivity (Wildman–Crippen MR) is 144 cm³/mol. The van der Waals surface area contributed by atoms with Crippen LogP contribution in [0.2, 0.25) is 5.02 Å². The smallest absolute Gasteiger partial charge is 0.261 e. The zero-order valence-corrected chi connectivity index (χ0v) is 21.7. The van der Waals surface area contributed by atoms with Crippen LogP contribution in [-0.4, -0.2) is 22.9 Å². The summed E-state index contributed by atoms with van der Waals surface area (Å²) in [6.07, 6.45) is 1.55. The van der Waals surface area contributed by atoms with Crippen molar-refractivity contribution in [2.45, 2.75) is 25.3 Å². The molecule has 0 unspecified atom stereocenters. The number of fused-ring (bicyclic) bond motifs is 1. The Morgan fingerprint density at radius 3 is 2.50 bits per heavy atom. The van der Waals surface area contributed by atoms with E-state index in [0.717, 1.165) is 22.3 Å². The highest BCUT2D eigenvalue weighted by molar-refractivity contribution is 6.31. The topological polar surface area (TPSA) is 77.4 Å². The number of amides is 1. The van der Waals surface area contributed by atoms with Crippen molar-refractivity contribution >= 4 is 29.0 Å². The van der Waals surface area contributed by atoms with Gasteiger partial charge < -0.3 is 14.6 Å². The van der Waals surface area contributed by atoms with E-state index in [-0.39, 0.29) is 36.6 Å². The van der Waals surface area contributed by atoms with Crippen molar-refractivity contribution in [1.82, 2.24) is 4.57 Å². The van der Waals surface area contributed by atoms with Crippen LogP contribution in [0, 0.1) is 17.5 Å². The minimum atomic E-state index is -1.60. The van der Waals surface area contributed by atoms with Crippen molar-refractivity contribution in [3.05, 3.63) is 128 Å². The largest absolute Gasteiger partial charge is 0.493 e. The molecule has 2 heterocycles. The highest BCUT2D eigenvalue weighted by atomic mass is 35.5. The van der Waals surface area contributed by atoms with Gasteiger partial charge in [0.05, 0.1) is 25.1 Å². The van der Waals surface area contributed by atoms with Crippen LogP contribution in [0.5, 0.6) is 5.75 Å². The van der Waals surface area contributed by atoms with Crippen LogP contribution in [0.3, 0.4) is 0 Å². The molecule has 10 heteroatoms. The SMILES string of the molecule is O=C1Cc2ccc(OC[C@H](CC(=O)c3cccn(Cc4cc(F)c(F)c(F)c4)c3=O)c3ccccc3Cl)cc2N1. The maximum atomic E-state index is 13.7. The number of carbonyl (C=O) groups excluding carboxylic acids is 2. The minimum absolute atomic E-state index is 0.0241. The number of ether oxygens (including phenoxy) is 1. The van der Waals surface area contributed by atoms with Crippen LogP contribution >= 0.6 is 11.6 Å². The van der Waals surface area contributed by atoms with Crippen LogP contribution < -0.4 is 15.6 Å². The van der Waals surface area contributed by atoms with Gasteiger partial charge in [0.2, 0.25) is 5.91 Å². The van der Waals surface area contributed by atoms with Gasteiger partial charge in [-0.25, -0.2) is 13.2 Å². The Morgan fingerprint density at radius 2 is 1.75 bits per heavy atom. The lowest BCUT2D eigenvalue weighted by Gasteiger charge is -2.19. The van der Waals surface area contributed by atoms with Crippen LogP contribution in [0.15, 0.2) is 77.7 Å². The average molecular weight is 567 g/mol. The first-order chi connectivity index (χ1) is 19.2. The lowest BCUT2D eigenvalue weighted by Crippen LogP contribution is -2.27. The number of nitrogens with zero attached hydrogens (tertiary/aromatic N) is 1. The molecule has 0 radical (unpaired) electrons. The second kappa shape index (κ2) is 11.4. The first kappa shape index (κ1) is 27.2. The van der Waals surface area contributed by atoms with Gasteiger partial charge in [-0.15, -0.1) is 0 Å². The number of nitrogens with one attached hydrogen (secondary N) is 1. The van der Waals surface area contributed by atoms with Gasteiger partial charge in [0.25, 0.3) is 5.56 Å². The van der Waals surface area contributed by atoms with E-state index in [1.165, 1.54) is 18.3 Å². The van der Waals surface area contributed by atoms with Crippen molar-refractivity contribution in [2.24, 2.45) is 0 Å². The van der Waals surface area contributed by atoms with E-state index >= 15 is 0 Å². The lowest BCUT2D eigenvalue weighted by molar-refractivity contribution is -0.115. The fourth-order valence-electron chi connectivity index (χ4n) is 4.65. The maximum absolute atomic E-state index is 13.7. The molecule has 0 saturated carbocycles. The molecule has 1 N–H and O–H groups in total. The van der Waals surface area contributed by atoms with Crippen LogP contribution in [0.25, 0.3) is 0 Å². The molecule has 1 aromatic heterocycles. The Kier molecular flexibility index (Phi) is 7.75. The fraction of sp³-hybridized carbons (Fsp3) is 0.167. The number of Topliss-reactive ketones (excluding diaryl/α,β-unsaturated/α-hetero) is 1. The Hall–Kier alpha value is -4.37. The van der Waals surface area contributed by atoms with Gasteiger partial charge in [-0.05, 0) is 53.1 Å². The van der Waals surface area contributed by atoms with E-state index in [9.17, 15) is 27.6 Å². The Balaban J connectivity index is 1.37. The highest BCUT2D eigenvalue weighted by Gasteiger charge is 2.24. The second-order valence-corrected chi connectivity index (χ2v) is 9.84. The summed E-state index contributed by atoms with van der Waals surface area (Å²) in [5.74, 6) is -4.96. The zero-order chi connectivity index (χ0) is 28.4. The summed E-state index contributed by atoms with van der Waals surface area (Å²) < 4.78 is 47.8. The molecule has 40 heavy (non-hydrogen) atoms. The van der Waals surface area contributed by atoms with Gasteiger partial charge in [0.15, 0.2) is 23.2 Å². The first-order valence-electron chi connectivity index (χ1n) is 12.4. The molecule has 1 atom stereocenters. The molecule has 1 aliphatic rings. The standard InChI is InChI=1S/C30H22ClF3N2O4/c31-23-6-2-1-4-21(23)19(16-40-20-8-7-18-13-28(38)35-26(18)14-20)12-27(37)22-5-3-9-36(30(22)39)15-17-10-24(32)29(34)25(33)11-17/h1-11,14,19H,12-13,15-16H2,(H,35,38)/t19-/m0/s1. The maximum Gasteiger partial charge on any atom is 0.261 e. The van der Waals surface area contributed by atoms with E-state index in [1.807, 2.05) is 0 Å². The third kappa shape index (κ3) is 5.79. The van der Waals surface area contributed by atoms with Gasteiger partial charge in [-0.3, -0.25) is 14.4 Å². The van der Waals surface area contributed by atoms with Crippen LogP contribution in [0.4, 0.5) is 18.9 Å². The molecular weight excluding hydrogens is 545 g/mol. The summed E-state index contributed by atoms with van der Waals surface area (Å²) in [5, 5.41) is 3.19. The molecule has 1 aliphatic heterocycles. The molecule has 0 saturated heterocycles. The summed E-state index contributed by atoms with van der Waals surface area (Å²) in [6.45, 7) is -0.211. The number of halogens is 4. The predicted octanol–water partition coefficient (Wildman–Crippen LogP) is 5.90. The molecule has 0 spiro atoms. The summed E-state index contributed by atoms with van der Waals surface area (Å²) >= 11 is 6.44. The number of hydrogen-bond donors (Lipinski definition) is 1. The number of rotatable bonds is 9. The first-order valence-corrected chi connectivity index (χ1v) is 12.7. The molecule has 0 aliphatic carbocycles. The van der Waals surface area contributed by atoms with Gasteiger partial charge >= 0.3 is 0 Å². The van der Waals surface area contributed by atoms with E-state index in [0.29, 0.717) is 28.4 Å². The van der Waals surface area contributed by atoms with Gasteiger partial charge in [0, 0.05) is 35.3 Å². The molecule has 3 aromatic carbocycles. The fourth-order valence-corrected chi connectivity index (χ4v) is 4.94. The normalized spacial score (nSPS) is 13.1. The highest BCUT2D eigenvalue weighted by Crippen LogP contribution is 2.31. The zero-order valence-electron chi connectivity index (χ0n) is 20.9. The van der Waals surface area contributed by atoms with Gasteiger partial charge in [0.1, 0.15) is 5.75 Å². The number of carbonyl (C=O) groups is 2. The third-order valence-electron chi connectivity index (χ3n) is 6.65. The molecule has 6 nitrogen and oxygen atoms in total. The number of anilines is 1. The van der Waals surface area contributed by atoms with E-state index in [1.54, 1.807) is 42.5 Å². The van der Waals surface area contributed by atoms with E-state index in [4.69, 9.17) is 16.3 Å². The Bertz CT molecular complexity index is 1670. The summed E-state index contributed by atoms with van der Waals surface area (Å²) in [7, 11) is 0. The third-order valence-corrected chi connectivity index (χ3v) is 7.00.